The molecule has 2 rings (SSSR count). The number of rotatable bonds is 57. The molecule has 0 aromatic heterocycles. The summed E-state index contributed by atoms with van der Waals surface area (Å²) in [5.74, 6) is -0.224. The van der Waals surface area contributed by atoms with Gasteiger partial charge < -0.3 is 65.1 Å². The summed E-state index contributed by atoms with van der Waals surface area (Å²) in [6.07, 6.45) is 69.1. The first-order valence-corrected chi connectivity index (χ1v) is 35.8. The quantitative estimate of drug-likeness (QED) is 0.0204. The van der Waals surface area contributed by atoms with Crippen LogP contribution in [0.4, 0.5) is 0 Å². The Bertz CT molecular complexity index is 1980. The molecule has 2 aliphatic heterocycles. The van der Waals surface area contributed by atoms with Gasteiger partial charge in [0, 0.05) is 6.42 Å². The molecule has 2 heterocycles. The predicted octanol–water partition coefficient (Wildman–Crippen LogP) is 14.9. The van der Waals surface area contributed by atoms with E-state index in [1.54, 1.807) is 0 Å². The van der Waals surface area contributed by atoms with E-state index in [0.717, 1.165) is 128 Å². The van der Waals surface area contributed by atoms with Crippen molar-refractivity contribution in [1.29, 1.82) is 0 Å². The second-order valence-corrected chi connectivity index (χ2v) is 24.6. The van der Waals surface area contributed by atoms with Crippen molar-refractivity contribution in [2.24, 2.45) is 0 Å². The highest BCUT2D eigenvalue weighted by Crippen LogP contribution is 2.30. The second-order valence-electron chi connectivity index (χ2n) is 24.6. The number of nitrogens with one attached hydrogen (secondary N) is 1. The Balaban J connectivity index is 1.66. The van der Waals surface area contributed by atoms with E-state index in [1.807, 2.05) is 0 Å². The van der Waals surface area contributed by atoms with Gasteiger partial charge in [-0.25, -0.2) is 0 Å². The summed E-state index contributed by atoms with van der Waals surface area (Å²) in [5, 5.41) is 87.6. The van der Waals surface area contributed by atoms with Gasteiger partial charge in [0.2, 0.25) is 5.91 Å². The average Bonchev–Trinajstić information content (AvgIpc) is 1.58. The highest BCUT2D eigenvalue weighted by atomic mass is 16.7. The number of hydrogen-bond acceptors (Lipinski definition) is 13. The van der Waals surface area contributed by atoms with Gasteiger partial charge in [-0.1, -0.05) is 283 Å². The van der Waals surface area contributed by atoms with E-state index in [9.17, 15) is 45.6 Å². The van der Waals surface area contributed by atoms with Crippen molar-refractivity contribution in [2.75, 3.05) is 19.8 Å². The summed E-state index contributed by atoms with van der Waals surface area (Å²) in [6.45, 7) is 2.75. The summed E-state index contributed by atoms with van der Waals surface area (Å²) >= 11 is 0. The summed E-state index contributed by atoms with van der Waals surface area (Å²) in [7, 11) is 0. The zero-order valence-electron chi connectivity index (χ0n) is 56.1. The van der Waals surface area contributed by atoms with Gasteiger partial charge in [-0.2, -0.15) is 0 Å². The van der Waals surface area contributed by atoms with E-state index in [4.69, 9.17) is 18.9 Å². The average molecular weight is 1260 g/mol. The molecule has 90 heavy (non-hydrogen) atoms. The van der Waals surface area contributed by atoms with E-state index in [2.05, 4.69) is 141 Å². The van der Waals surface area contributed by atoms with Gasteiger partial charge >= 0.3 is 0 Å². The number of amides is 1. The lowest BCUT2D eigenvalue weighted by molar-refractivity contribution is -0.359. The molecule has 0 aromatic rings. The van der Waals surface area contributed by atoms with Crippen LogP contribution in [-0.4, -0.2) is 140 Å². The largest absolute Gasteiger partial charge is 0.394 e. The lowest BCUT2D eigenvalue weighted by Gasteiger charge is -2.46. The molecule has 14 nitrogen and oxygen atoms in total. The number of carbonyl (C=O) groups excluding carboxylic acids is 1. The molecular formula is C76H129NO13. The maximum Gasteiger partial charge on any atom is 0.220 e. The number of unbranched alkanes of at least 4 members (excludes halogenated alkanes) is 24. The molecule has 0 radical (unpaired) electrons. The first-order valence-electron chi connectivity index (χ1n) is 35.8. The molecule has 0 spiro atoms. The molecular weight excluding hydrogens is 1130 g/mol. The minimum atomic E-state index is -1.79. The molecule has 9 N–H and O–H groups in total. The first kappa shape index (κ1) is 82.5. The third-order valence-electron chi connectivity index (χ3n) is 16.7. The van der Waals surface area contributed by atoms with Gasteiger partial charge in [0.25, 0.3) is 0 Å². The molecule has 0 bridgehead atoms. The van der Waals surface area contributed by atoms with Crippen LogP contribution in [0.3, 0.4) is 0 Å². The SMILES string of the molecule is CC/C=C\C/C=C\C/C=C\C/C=C\C/C=C\C/C=C\C/C=C\C/C=C\C/C=C\C/C=C\CCCCCCCCC(=O)NC(COC1OC(CO)C(OC2OC(CO)C(O)C(O)C2O)C(O)C1O)C(O)CCCCCCCCCCCCCCCCCCCCC. The van der Waals surface area contributed by atoms with Crippen molar-refractivity contribution < 1.29 is 64.6 Å². The number of carbonyl (C=O) groups is 1. The Kier molecular flexibility index (Phi) is 54.2. The summed E-state index contributed by atoms with van der Waals surface area (Å²) < 4.78 is 22.9. The van der Waals surface area contributed by atoms with E-state index in [1.165, 1.54) is 96.3 Å². The van der Waals surface area contributed by atoms with Crippen LogP contribution in [0.5, 0.6) is 0 Å². The van der Waals surface area contributed by atoms with Gasteiger partial charge in [0.05, 0.1) is 32.0 Å². The lowest BCUT2D eigenvalue weighted by atomic mass is 9.97. The molecule has 2 saturated heterocycles. The maximum absolute atomic E-state index is 13.4. The van der Waals surface area contributed by atoms with Crippen molar-refractivity contribution in [1.82, 2.24) is 5.32 Å². The van der Waals surface area contributed by atoms with Gasteiger partial charge in [0.15, 0.2) is 12.6 Å². The molecule has 516 valence electrons. The van der Waals surface area contributed by atoms with Crippen molar-refractivity contribution in [3.63, 3.8) is 0 Å². The van der Waals surface area contributed by atoms with Crippen molar-refractivity contribution >= 4 is 5.91 Å². The Labute approximate surface area is 546 Å². The van der Waals surface area contributed by atoms with Crippen LogP contribution in [0.15, 0.2) is 122 Å². The maximum atomic E-state index is 13.4. The standard InChI is InChI=1S/C76H129NO13/c1-3-5-7-9-11-13-15-17-19-21-23-24-25-26-27-28-29-30-31-32-33-34-35-36-37-38-39-40-42-44-46-48-50-52-54-56-58-60-68(81)77-64(65(80)59-57-55-53-51-49-47-45-43-41-22-20-18-16-14-12-10-8-6-4-2)63-87-75-73(86)71(84)74(67(62-79)89-75)90-76-72(85)70(83)69(82)66(61-78)88-76/h5,7,11,13,17,19,23-24,26-27,29-30,32-33,35-36,38-39,42,44,64-67,69-76,78-80,82-86H,3-4,6,8-10,12,14-16,18,20-22,25,28,31,34,37,40-41,43,45-63H2,1-2H3,(H,77,81)/b7-5-,13-11-,19-17-,24-23-,27-26-,30-29-,33-32-,36-35-,39-38-,44-42-. The molecule has 12 unspecified atom stereocenters. The van der Waals surface area contributed by atoms with Crippen molar-refractivity contribution in [2.45, 2.75) is 331 Å². The molecule has 0 aromatic carbocycles. The topological polar surface area (TPSA) is 228 Å². The smallest absolute Gasteiger partial charge is 0.220 e. The lowest BCUT2D eigenvalue weighted by Crippen LogP contribution is -2.65. The highest BCUT2D eigenvalue weighted by Gasteiger charge is 2.51. The van der Waals surface area contributed by atoms with Crippen LogP contribution in [-0.2, 0) is 23.7 Å². The second kappa shape index (κ2) is 59.2. The Morgan fingerprint density at radius 3 is 1.18 bits per heavy atom. The van der Waals surface area contributed by atoms with Gasteiger partial charge in [-0.3, -0.25) is 4.79 Å². The predicted molar refractivity (Wildman–Crippen MR) is 368 cm³/mol. The third kappa shape index (κ3) is 42.6. The van der Waals surface area contributed by atoms with Crippen LogP contribution in [0, 0.1) is 0 Å². The summed E-state index contributed by atoms with van der Waals surface area (Å²) in [6, 6.07) is -0.847. The fourth-order valence-corrected chi connectivity index (χ4v) is 11.0. The summed E-state index contributed by atoms with van der Waals surface area (Å²) in [4.78, 5) is 13.4. The Morgan fingerprint density at radius 2 is 0.767 bits per heavy atom. The fraction of sp³-hybridized carbons (Fsp3) is 0.724. The van der Waals surface area contributed by atoms with E-state index < -0.39 is 86.8 Å². The van der Waals surface area contributed by atoms with Crippen LogP contribution in [0.2, 0.25) is 0 Å². The van der Waals surface area contributed by atoms with Crippen LogP contribution >= 0.6 is 0 Å². The zero-order chi connectivity index (χ0) is 65.2. The number of aliphatic hydroxyl groups is 8. The zero-order valence-corrected chi connectivity index (χ0v) is 56.1. The van der Waals surface area contributed by atoms with E-state index >= 15 is 0 Å². The third-order valence-corrected chi connectivity index (χ3v) is 16.7. The van der Waals surface area contributed by atoms with Gasteiger partial charge in [-0.15, -0.1) is 0 Å². The van der Waals surface area contributed by atoms with Crippen molar-refractivity contribution in [3.05, 3.63) is 122 Å². The van der Waals surface area contributed by atoms with Gasteiger partial charge in [-0.05, 0) is 89.9 Å². The van der Waals surface area contributed by atoms with Crippen LogP contribution < -0.4 is 5.32 Å². The van der Waals surface area contributed by atoms with E-state index in [-0.39, 0.29) is 18.9 Å². The Morgan fingerprint density at radius 1 is 0.411 bits per heavy atom. The minimum Gasteiger partial charge on any atom is -0.394 e. The molecule has 0 aliphatic carbocycles. The van der Waals surface area contributed by atoms with Crippen LogP contribution in [0.1, 0.15) is 258 Å². The summed E-state index contributed by atoms with van der Waals surface area (Å²) in [5.41, 5.74) is 0. The first-order chi connectivity index (χ1) is 44.1. The number of aliphatic hydroxyl groups excluding tert-OH is 8. The van der Waals surface area contributed by atoms with Crippen LogP contribution in [0.25, 0.3) is 0 Å². The minimum absolute atomic E-state index is 0.224. The monoisotopic (exact) mass is 1260 g/mol. The highest BCUT2D eigenvalue weighted by molar-refractivity contribution is 5.76. The molecule has 14 heteroatoms. The molecule has 0 saturated carbocycles. The van der Waals surface area contributed by atoms with Crippen molar-refractivity contribution in [3.8, 4) is 0 Å². The van der Waals surface area contributed by atoms with Gasteiger partial charge in [0.1, 0.15) is 48.8 Å². The number of ether oxygens (including phenoxy) is 4. The molecule has 2 fully saturated rings. The molecule has 2 aliphatic rings. The number of allylic oxidation sites excluding steroid dienone is 20. The Hall–Kier alpha value is -3.61. The molecule has 1 amide bonds. The molecule has 12 atom stereocenters. The van der Waals surface area contributed by atoms with E-state index in [0.29, 0.717) is 12.8 Å². The number of hydrogen-bond donors (Lipinski definition) is 9. The normalized spacial score (nSPS) is 23.7. The fourth-order valence-electron chi connectivity index (χ4n) is 11.0.